The Bertz CT molecular complexity index is 177. The van der Waals surface area contributed by atoms with E-state index in [0.29, 0.717) is 18.6 Å². The second kappa shape index (κ2) is 4.36. The van der Waals surface area contributed by atoms with Gasteiger partial charge >= 0.3 is 0 Å². The Kier molecular flexibility index (Phi) is 3.41. The van der Waals surface area contributed by atoms with Gasteiger partial charge in [0.15, 0.2) is 0 Å². The number of Topliss-reactive ketones (excluding diaryl/α,β-unsaturated/α-hetero) is 1. The van der Waals surface area contributed by atoms with E-state index in [4.69, 9.17) is 0 Å². The summed E-state index contributed by atoms with van der Waals surface area (Å²) < 4.78 is 0. The quantitative estimate of drug-likeness (QED) is 0.577. The van der Waals surface area contributed by atoms with Crippen LogP contribution in [0.15, 0.2) is 0 Å². The zero-order valence-electron chi connectivity index (χ0n) is 7.45. The Labute approximate surface area is 72.7 Å². The first-order valence-corrected chi connectivity index (χ1v) is 4.42. The monoisotopic (exact) mass is 169 g/mol. The fourth-order valence-electron chi connectivity index (χ4n) is 1.53. The number of piperidine rings is 1. The van der Waals surface area contributed by atoms with E-state index in [-0.39, 0.29) is 5.92 Å². The number of hydrogen-bond acceptors (Lipinski definition) is 3. The van der Waals surface area contributed by atoms with Crippen LogP contribution in [0.3, 0.4) is 0 Å². The maximum atomic E-state index is 11.1. The molecule has 0 bridgehead atoms. The number of ketones is 1. The van der Waals surface area contributed by atoms with Gasteiger partial charge in [-0.2, -0.15) is 0 Å². The van der Waals surface area contributed by atoms with Gasteiger partial charge in [0.25, 0.3) is 0 Å². The number of aldehydes is 1. The van der Waals surface area contributed by atoms with Gasteiger partial charge in [-0.1, -0.05) is 6.92 Å². The average Bonchev–Trinajstić information content (AvgIpc) is 2.07. The van der Waals surface area contributed by atoms with Gasteiger partial charge < -0.3 is 9.69 Å². The van der Waals surface area contributed by atoms with Crippen molar-refractivity contribution in [1.29, 1.82) is 0 Å². The normalized spacial score (nSPS) is 25.8. The number of nitrogens with zero attached hydrogens (tertiary/aromatic N) is 1. The van der Waals surface area contributed by atoms with Gasteiger partial charge in [0, 0.05) is 38.4 Å². The molecule has 1 aliphatic rings. The molecule has 1 aliphatic heterocycles. The molecule has 0 aromatic heterocycles. The third-order valence-electron chi connectivity index (χ3n) is 2.32. The molecule has 0 aliphatic carbocycles. The molecule has 3 heteroatoms. The molecule has 1 heterocycles. The summed E-state index contributed by atoms with van der Waals surface area (Å²) in [6, 6.07) is 0. The summed E-state index contributed by atoms with van der Waals surface area (Å²) in [6.07, 6.45) is 2.17. The third-order valence-corrected chi connectivity index (χ3v) is 2.32. The largest absolute Gasteiger partial charge is 0.303 e. The molecule has 0 radical (unpaired) electrons. The van der Waals surface area contributed by atoms with E-state index >= 15 is 0 Å². The van der Waals surface area contributed by atoms with Crippen LogP contribution < -0.4 is 0 Å². The minimum absolute atomic E-state index is 0.158. The SMILES string of the molecule is CC1CN(CCC=O)CCC1=O. The maximum Gasteiger partial charge on any atom is 0.138 e. The molecule has 0 spiro atoms. The molecule has 12 heavy (non-hydrogen) atoms. The second-order valence-corrected chi connectivity index (χ2v) is 3.37. The predicted octanol–water partition coefficient (Wildman–Crippen LogP) is 0.486. The Morgan fingerprint density at radius 3 is 3.00 bits per heavy atom. The minimum atomic E-state index is 0.158. The first-order chi connectivity index (χ1) is 5.74. The highest BCUT2D eigenvalue weighted by Gasteiger charge is 2.22. The molecule has 0 aromatic carbocycles. The van der Waals surface area contributed by atoms with Crippen molar-refractivity contribution in [3.63, 3.8) is 0 Å². The lowest BCUT2D eigenvalue weighted by atomic mass is 9.99. The molecule has 0 aromatic rings. The van der Waals surface area contributed by atoms with Crippen LogP contribution in [-0.4, -0.2) is 36.6 Å². The summed E-state index contributed by atoms with van der Waals surface area (Å²) in [5.41, 5.74) is 0. The van der Waals surface area contributed by atoms with E-state index in [1.165, 1.54) is 0 Å². The van der Waals surface area contributed by atoms with Gasteiger partial charge in [0.1, 0.15) is 12.1 Å². The van der Waals surface area contributed by atoms with Gasteiger partial charge in [-0.15, -0.1) is 0 Å². The van der Waals surface area contributed by atoms with E-state index in [1.807, 2.05) is 6.92 Å². The van der Waals surface area contributed by atoms with Crippen molar-refractivity contribution < 1.29 is 9.59 Å². The smallest absolute Gasteiger partial charge is 0.138 e. The summed E-state index contributed by atoms with van der Waals surface area (Å²) >= 11 is 0. The van der Waals surface area contributed by atoms with Crippen LogP contribution in [-0.2, 0) is 9.59 Å². The number of carbonyl (C=O) groups is 2. The van der Waals surface area contributed by atoms with Crippen molar-refractivity contribution in [2.45, 2.75) is 19.8 Å². The Morgan fingerprint density at radius 2 is 2.42 bits per heavy atom. The Morgan fingerprint density at radius 1 is 1.67 bits per heavy atom. The van der Waals surface area contributed by atoms with Crippen molar-refractivity contribution in [2.24, 2.45) is 5.92 Å². The summed E-state index contributed by atoms with van der Waals surface area (Å²) in [7, 11) is 0. The standard InChI is InChI=1S/C9H15NO2/c1-8-7-10(4-2-6-11)5-3-9(8)12/h6,8H,2-5,7H2,1H3. The van der Waals surface area contributed by atoms with Crippen LogP contribution in [0.5, 0.6) is 0 Å². The summed E-state index contributed by atoms with van der Waals surface area (Å²) in [6.45, 7) is 4.42. The molecule has 0 amide bonds. The van der Waals surface area contributed by atoms with Crippen LogP contribution in [0.25, 0.3) is 0 Å². The highest BCUT2D eigenvalue weighted by molar-refractivity contribution is 5.81. The molecular weight excluding hydrogens is 154 g/mol. The lowest BCUT2D eigenvalue weighted by Gasteiger charge is -2.29. The predicted molar refractivity (Wildman–Crippen MR) is 45.9 cm³/mol. The first kappa shape index (κ1) is 9.39. The fourth-order valence-corrected chi connectivity index (χ4v) is 1.53. The van der Waals surface area contributed by atoms with E-state index in [2.05, 4.69) is 4.90 Å². The highest BCUT2D eigenvalue weighted by Crippen LogP contribution is 2.11. The van der Waals surface area contributed by atoms with Crippen molar-refractivity contribution in [3.8, 4) is 0 Å². The summed E-state index contributed by atoms with van der Waals surface area (Å²) in [5, 5.41) is 0. The third kappa shape index (κ3) is 2.41. The van der Waals surface area contributed by atoms with Crippen molar-refractivity contribution in [1.82, 2.24) is 4.90 Å². The number of hydrogen-bond donors (Lipinski definition) is 0. The topological polar surface area (TPSA) is 37.4 Å². The Balaban J connectivity index is 2.30. The van der Waals surface area contributed by atoms with Gasteiger partial charge in [0.2, 0.25) is 0 Å². The Hall–Kier alpha value is -0.700. The summed E-state index contributed by atoms with van der Waals surface area (Å²) in [4.78, 5) is 23.4. The highest BCUT2D eigenvalue weighted by atomic mass is 16.1. The van der Waals surface area contributed by atoms with Crippen LogP contribution in [0.1, 0.15) is 19.8 Å². The van der Waals surface area contributed by atoms with Gasteiger partial charge in [-0.25, -0.2) is 0 Å². The van der Waals surface area contributed by atoms with Gasteiger partial charge in [-0.3, -0.25) is 4.79 Å². The molecule has 1 rings (SSSR count). The van der Waals surface area contributed by atoms with Crippen LogP contribution >= 0.6 is 0 Å². The molecule has 0 N–H and O–H groups in total. The average molecular weight is 169 g/mol. The van der Waals surface area contributed by atoms with Crippen molar-refractivity contribution >= 4 is 12.1 Å². The number of rotatable bonds is 3. The summed E-state index contributed by atoms with van der Waals surface area (Å²) in [5.74, 6) is 0.516. The van der Waals surface area contributed by atoms with E-state index in [9.17, 15) is 9.59 Å². The van der Waals surface area contributed by atoms with Crippen LogP contribution in [0, 0.1) is 5.92 Å². The van der Waals surface area contributed by atoms with Crippen molar-refractivity contribution in [2.75, 3.05) is 19.6 Å². The maximum absolute atomic E-state index is 11.1. The molecule has 1 atom stereocenters. The lowest BCUT2D eigenvalue weighted by molar-refractivity contribution is -0.125. The number of carbonyl (C=O) groups excluding carboxylic acids is 2. The van der Waals surface area contributed by atoms with Gasteiger partial charge in [-0.05, 0) is 0 Å². The number of likely N-dealkylation sites (tertiary alicyclic amines) is 1. The minimum Gasteiger partial charge on any atom is -0.303 e. The second-order valence-electron chi connectivity index (χ2n) is 3.37. The molecule has 1 fully saturated rings. The van der Waals surface area contributed by atoms with Crippen molar-refractivity contribution in [3.05, 3.63) is 0 Å². The zero-order chi connectivity index (χ0) is 8.97. The molecule has 0 saturated carbocycles. The van der Waals surface area contributed by atoms with E-state index in [0.717, 1.165) is 25.9 Å². The van der Waals surface area contributed by atoms with Crippen LogP contribution in [0.4, 0.5) is 0 Å². The molecule has 3 nitrogen and oxygen atoms in total. The first-order valence-electron chi connectivity index (χ1n) is 4.42. The fraction of sp³-hybridized carbons (Fsp3) is 0.778. The zero-order valence-corrected chi connectivity index (χ0v) is 7.45. The van der Waals surface area contributed by atoms with Crippen LogP contribution in [0.2, 0.25) is 0 Å². The molecule has 68 valence electrons. The molecular formula is C9H15NO2. The molecule has 1 saturated heterocycles. The van der Waals surface area contributed by atoms with E-state index < -0.39 is 0 Å². The van der Waals surface area contributed by atoms with Gasteiger partial charge in [0.05, 0.1) is 0 Å². The molecule has 1 unspecified atom stereocenters. The lowest BCUT2D eigenvalue weighted by Crippen LogP contribution is -2.40. The van der Waals surface area contributed by atoms with E-state index in [1.54, 1.807) is 0 Å².